The van der Waals surface area contributed by atoms with Crippen LogP contribution in [0.3, 0.4) is 0 Å². The predicted octanol–water partition coefficient (Wildman–Crippen LogP) is 6.01. The molecule has 6 heteroatoms. The second-order valence-corrected chi connectivity index (χ2v) is 8.33. The summed E-state index contributed by atoms with van der Waals surface area (Å²) in [6.45, 7) is 1.24. The number of carbonyl (C=O) groups excluding carboxylic acids is 1. The molecule has 0 bridgehead atoms. The Morgan fingerprint density at radius 1 is 0.964 bits per heavy atom. The maximum atomic E-state index is 12.9. The van der Waals surface area contributed by atoms with Crippen molar-refractivity contribution < 1.29 is 9.36 Å². The third-order valence-electron chi connectivity index (χ3n) is 5.19. The zero-order valence-corrected chi connectivity index (χ0v) is 17.6. The first-order chi connectivity index (χ1) is 13.5. The highest BCUT2D eigenvalue weighted by Gasteiger charge is 2.27. The highest BCUT2D eigenvalue weighted by molar-refractivity contribution is 6.42. The third-order valence-corrected chi connectivity index (χ3v) is 6.18. The van der Waals surface area contributed by atoms with E-state index in [1.807, 2.05) is 24.3 Å². The number of fused-ring (bicyclic) bond motifs is 1. The number of ketones is 1. The van der Waals surface area contributed by atoms with E-state index in [0.717, 1.165) is 37.1 Å². The van der Waals surface area contributed by atoms with Crippen LogP contribution in [-0.2, 0) is 19.5 Å². The van der Waals surface area contributed by atoms with Gasteiger partial charge in [-0.1, -0.05) is 34.8 Å². The number of halogens is 3. The Morgan fingerprint density at radius 2 is 1.75 bits per heavy atom. The van der Waals surface area contributed by atoms with E-state index in [4.69, 9.17) is 34.8 Å². The Labute approximate surface area is 179 Å². The van der Waals surface area contributed by atoms with Crippen molar-refractivity contribution in [3.8, 4) is 11.3 Å². The molecule has 0 aliphatic carbocycles. The lowest BCUT2D eigenvalue weighted by Crippen LogP contribution is -2.40. The number of imidazole rings is 1. The number of hydrogen-bond donors (Lipinski definition) is 0. The van der Waals surface area contributed by atoms with Gasteiger partial charge in [0.25, 0.3) is 5.82 Å². The number of benzene rings is 2. The molecule has 1 aromatic heterocycles. The Bertz CT molecular complexity index is 1030. The van der Waals surface area contributed by atoms with Crippen molar-refractivity contribution in [2.24, 2.45) is 0 Å². The lowest BCUT2D eigenvalue weighted by Gasteiger charge is -2.04. The summed E-state index contributed by atoms with van der Waals surface area (Å²) in [5.74, 6) is 1.21. The maximum Gasteiger partial charge on any atom is 0.257 e. The van der Waals surface area contributed by atoms with Crippen molar-refractivity contribution in [2.45, 2.75) is 38.8 Å². The third kappa shape index (κ3) is 3.98. The minimum atomic E-state index is 0.0175. The molecule has 144 valence electrons. The van der Waals surface area contributed by atoms with E-state index >= 15 is 0 Å². The molecule has 1 aliphatic rings. The first kappa shape index (κ1) is 19.5. The van der Waals surface area contributed by atoms with Gasteiger partial charge in [-0.15, -0.1) is 0 Å². The van der Waals surface area contributed by atoms with Crippen molar-refractivity contribution >= 4 is 40.6 Å². The van der Waals surface area contributed by atoms with E-state index < -0.39 is 0 Å². The van der Waals surface area contributed by atoms with Gasteiger partial charge in [0.2, 0.25) is 5.78 Å². The lowest BCUT2D eigenvalue weighted by molar-refractivity contribution is -0.690. The summed E-state index contributed by atoms with van der Waals surface area (Å²) in [7, 11) is 0. The first-order valence-electron chi connectivity index (χ1n) is 9.39. The Morgan fingerprint density at radius 3 is 2.50 bits per heavy atom. The minimum absolute atomic E-state index is 0.0175. The van der Waals surface area contributed by atoms with Gasteiger partial charge >= 0.3 is 0 Å². The highest BCUT2D eigenvalue weighted by atomic mass is 35.5. The smallest absolute Gasteiger partial charge is 0.257 e. The zero-order chi connectivity index (χ0) is 19.7. The van der Waals surface area contributed by atoms with Crippen LogP contribution in [0.2, 0.25) is 15.1 Å². The van der Waals surface area contributed by atoms with Gasteiger partial charge in [0.1, 0.15) is 6.20 Å². The number of carbonyl (C=O) groups is 1. The number of nitrogens with zero attached hydrogens (tertiary/aromatic N) is 2. The number of aromatic nitrogens is 2. The number of hydrogen-bond acceptors (Lipinski definition) is 1. The molecule has 0 fully saturated rings. The molecule has 4 rings (SSSR count). The normalized spacial score (nSPS) is 13.8. The molecular formula is C22H20Cl3N2O+. The molecule has 28 heavy (non-hydrogen) atoms. The zero-order valence-electron chi connectivity index (χ0n) is 15.3. The van der Waals surface area contributed by atoms with Gasteiger partial charge in [-0.3, -0.25) is 4.79 Å². The van der Waals surface area contributed by atoms with Crippen molar-refractivity contribution in [2.75, 3.05) is 0 Å². The molecule has 0 radical (unpaired) electrons. The quantitative estimate of drug-likeness (QED) is 0.364. The van der Waals surface area contributed by atoms with Crippen LogP contribution < -0.4 is 4.57 Å². The SMILES string of the molecule is O=C(C[n+]1cc(-c2ccc(Cl)cc2)n2c1CCCCC2)c1ccc(Cl)c(Cl)c1. The molecule has 0 unspecified atom stereocenters. The summed E-state index contributed by atoms with van der Waals surface area (Å²) in [6, 6.07) is 12.9. The first-order valence-corrected chi connectivity index (χ1v) is 10.5. The number of rotatable bonds is 4. The van der Waals surface area contributed by atoms with Crippen LogP contribution in [0, 0.1) is 0 Å². The van der Waals surface area contributed by atoms with E-state index in [1.165, 1.54) is 12.2 Å². The van der Waals surface area contributed by atoms with Crippen LogP contribution in [-0.4, -0.2) is 10.4 Å². The van der Waals surface area contributed by atoms with Gasteiger partial charge in [0.15, 0.2) is 12.2 Å². The van der Waals surface area contributed by atoms with Crippen molar-refractivity contribution in [3.05, 3.63) is 75.1 Å². The van der Waals surface area contributed by atoms with Crippen LogP contribution in [0.25, 0.3) is 11.3 Å². The summed E-state index contributed by atoms with van der Waals surface area (Å²) >= 11 is 18.1. The largest absolute Gasteiger partial charge is 0.290 e. The molecule has 0 N–H and O–H groups in total. The average molecular weight is 435 g/mol. The van der Waals surface area contributed by atoms with E-state index in [1.54, 1.807) is 18.2 Å². The minimum Gasteiger partial charge on any atom is -0.290 e. The predicted molar refractivity (Wildman–Crippen MR) is 113 cm³/mol. The van der Waals surface area contributed by atoms with Crippen molar-refractivity contribution in [3.63, 3.8) is 0 Å². The summed E-state index contributed by atoms with van der Waals surface area (Å²) in [5, 5.41) is 1.57. The maximum absolute atomic E-state index is 12.9. The van der Waals surface area contributed by atoms with Gasteiger partial charge in [-0.2, -0.15) is 0 Å². The monoisotopic (exact) mass is 433 g/mol. The van der Waals surface area contributed by atoms with Crippen LogP contribution >= 0.6 is 34.8 Å². The summed E-state index contributed by atoms with van der Waals surface area (Å²) in [5.41, 5.74) is 2.80. The Balaban J connectivity index is 1.71. The second kappa shape index (κ2) is 8.28. The van der Waals surface area contributed by atoms with E-state index in [-0.39, 0.29) is 12.3 Å². The van der Waals surface area contributed by atoms with Crippen LogP contribution in [0.15, 0.2) is 48.7 Å². The molecule has 0 saturated heterocycles. The van der Waals surface area contributed by atoms with Crippen LogP contribution in [0.1, 0.15) is 35.4 Å². The molecule has 3 aromatic rings. The molecule has 0 atom stereocenters. The second-order valence-electron chi connectivity index (χ2n) is 7.08. The molecule has 2 aromatic carbocycles. The Hall–Kier alpha value is -1.81. The van der Waals surface area contributed by atoms with Gasteiger partial charge in [-0.05, 0) is 61.7 Å². The molecule has 3 nitrogen and oxygen atoms in total. The fraction of sp³-hybridized carbons (Fsp3) is 0.273. The van der Waals surface area contributed by atoms with Gasteiger partial charge < -0.3 is 0 Å². The number of Topliss-reactive ketones (excluding diaryl/α,β-unsaturated/α-hetero) is 1. The standard InChI is InChI=1S/C22H20Cl3N2O/c23-17-8-5-15(6-9-17)20-13-26(22-4-2-1-3-11-27(20)22)14-21(28)16-7-10-18(24)19(25)12-16/h5-10,12-13H,1-4,11,14H2/q+1. The fourth-order valence-electron chi connectivity index (χ4n) is 3.75. The fourth-order valence-corrected chi connectivity index (χ4v) is 4.17. The summed E-state index contributed by atoms with van der Waals surface area (Å²) in [6.07, 6.45) is 6.51. The van der Waals surface area contributed by atoms with Crippen LogP contribution in [0.4, 0.5) is 0 Å². The topological polar surface area (TPSA) is 25.9 Å². The molecule has 0 amide bonds. The van der Waals surface area contributed by atoms with Crippen molar-refractivity contribution in [1.29, 1.82) is 0 Å². The summed E-state index contributed by atoms with van der Waals surface area (Å²) < 4.78 is 4.43. The highest BCUT2D eigenvalue weighted by Crippen LogP contribution is 2.26. The average Bonchev–Trinajstić information content (AvgIpc) is 2.86. The van der Waals surface area contributed by atoms with E-state index in [2.05, 4.69) is 15.3 Å². The summed E-state index contributed by atoms with van der Waals surface area (Å²) in [4.78, 5) is 12.9. The molecule has 1 aliphatic heterocycles. The van der Waals surface area contributed by atoms with E-state index in [9.17, 15) is 4.79 Å². The molecule has 0 spiro atoms. The van der Waals surface area contributed by atoms with Crippen LogP contribution in [0.5, 0.6) is 0 Å². The van der Waals surface area contributed by atoms with E-state index in [0.29, 0.717) is 20.6 Å². The molecule has 0 saturated carbocycles. The van der Waals surface area contributed by atoms with Crippen molar-refractivity contribution in [1.82, 2.24) is 4.57 Å². The molecule has 2 heterocycles. The van der Waals surface area contributed by atoms with Gasteiger partial charge in [0, 0.05) is 22.6 Å². The Kier molecular flexibility index (Phi) is 5.77. The lowest BCUT2D eigenvalue weighted by atomic mass is 10.1. The van der Waals surface area contributed by atoms with Gasteiger partial charge in [-0.25, -0.2) is 9.13 Å². The van der Waals surface area contributed by atoms with Gasteiger partial charge in [0.05, 0.1) is 16.6 Å². The molecular weight excluding hydrogens is 415 g/mol.